The number of allylic oxidation sites excluding steroid dienone is 10. The zero-order valence-corrected chi connectivity index (χ0v) is 33.9. The van der Waals surface area contributed by atoms with Gasteiger partial charge in [0.25, 0.3) is 5.56 Å². The summed E-state index contributed by atoms with van der Waals surface area (Å²) in [5.41, 5.74) is -1.02. The standard InChI is InChI=1S/C43H60N2O12/c1-9-11-13-21-31-42(6,7)38(50)39(51)43(54,57-31)28(10-2)40(52)44-23-17-16-19-26(4)36(55-8)27(5)37-35(49)34(48)30(56-37)20-15-12-14-18-25(3)33(47)32-29(46)22-24-45-41(32)53/h9,11-22,24,27-28,30-31,34-39,48-51,54H,10,23H2,1-8H3,(H,44,52)(H2,45,46,53)/b11-9+,14-12+,17-16+,20-15+,21-13+,25-18+,26-19+/t27-,28+,30+,31-,34-,35-,36-,37-,38-,39-,43+/m0/s1. The molecule has 0 saturated carbocycles. The molecular formula is C43H60N2O12. The Bertz CT molecular complexity index is 1810. The van der Waals surface area contributed by atoms with Gasteiger partial charge in [0.05, 0.1) is 30.3 Å². The quantitative estimate of drug-likeness (QED) is 0.0647. The van der Waals surface area contributed by atoms with Crippen molar-refractivity contribution in [1.29, 1.82) is 0 Å². The molecule has 2 aliphatic rings. The SMILES string of the molecule is C/C=C/C=C/[C@@H]1O[C@](O)([C@H](CC)C(=O)NC/C=C/C=C(\C)[C@H](OC)[C@H](C)[C@@H]2O[C@H](/C=C/C=C/C=C(\C)C(=O)c3c(O)cc[nH]c3=O)[C@H](O)[C@@H]2O)[C@@H](O)[C@H](O)C1(C)C. The van der Waals surface area contributed by atoms with Crippen LogP contribution in [0.25, 0.3) is 0 Å². The lowest BCUT2D eigenvalue weighted by Crippen LogP contribution is -2.69. The van der Waals surface area contributed by atoms with Crippen molar-refractivity contribution in [3.8, 4) is 5.75 Å². The number of aromatic amines is 1. The molecule has 0 unspecified atom stereocenters. The summed E-state index contributed by atoms with van der Waals surface area (Å²) in [6.45, 7) is 12.2. The highest BCUT2D eigenvalue weighted by atomic mass is 16.7. The first-order valence-electron chi connectivity index (χ1n) is 19.1. The predicted octanol–water partition coefficient (Wildman–Crippen LogP) is 3.07. The normalized spacial score (nSPS) is 30.2. The fourth-order valence-electron chi connectivity index (χ4n) is 7.12. The number of hydrogen-bond acceptors (Lipinski definition) is 12. The molecule has 1 aromatic heterocycles. The van der Waals surface area contributed by atoms with Crippen LogP contribution in [0.4, 0.5) is 0 Å². The molecule has 1 amide bonds. The van der Waals surface area contributed by atoms with Gasteiger partial charge in [0.1, 0.15) is 35.7 Å². The van der Waals surface area contributed by atoms with Crippen LogP contribution in [0.15, 0.2) is 101 Å². The topological polar surface area (TPSA) is 228 Å². The number of Topliss-reactive ketones (excluding diaryl/α,β-unsaturated/α-hetero) is 1. The van der Waals surface area contributed by atoms with E-state index in [1.165, 1.54) is 32.4 Å². The van der Waals surface area contributed by atoms with Crippen molar-refractivity contribution in [3.63, 3.8) is 0 Å². The van der Waals surface area contributed by atoms with E-state index in [4.69, 9.17) is 14.2 Å². The second kappa shape index (κ2) is 21.0. The Balaban J connectivity index is 1.60. The first-order chi connectivity index (χ1) is 26.9. The van der Waals surface area contributed by atoms with E-state index >= 15 is 0 Å². The number of hydrogen-bond donors (Lipinski definition) is 8. The number of aliphatic hydroxyl groups excluding tert-OH is 4. The van der Waals surface area contributed by atoms with Gasteiger partial charge in [-0.25, -0.2) is 0 Å². The van der Waals surface area contributed by atoms with Crippen molar-refractivity contribution in [2.24, 2.45) is 17.3 Å². The van der Waals surface area contributed by atoms with Gasteiger partial charge in [-0.2, -0.15) is 0 Å². The van der Waals surface area contributed by atoms with Crippen LogP contribution in [0.2, 0.25) is 0 Å². The van der Waals surface area contributed by atoms with Gasteiger partial charge in [0.2, 0.25) is 11.7 Å². The lowest BCUT2D eigenvalue weighted by Gasteiger charge is -2.53. The van der Waals surface area contributed by atoms with Crippen LogP contribution < -0.4 is 10.9 Å². The van der Waals surface area contributed by atoms with Gasteiger partial charge < -0.3 is 55.2 Å². The average Bonchev–Trinajstić information content (AvgIpc) is 3.45. The fraction of sp³-hybridized carbons (Fsp3) is 0.512. The minimum absolute atomic E-state index is 0.0817. The van der Waals surface area contributed by atoms with Gasteiger partial charge >= 0.3 is 0 Å². The van der Waals surface area contributed by atoms with E-state index in [1.807, 2.05) is 26.8 Å². The Morgan fingerprint density at radius 1 is 1.00 bits per heavy atom. The average molecular weight is 797 g/mol. The van der Waals surface area contributed by atoms with Crippen LogP contribution in [0.5, 0.6) is 5.75 Å². The van der Waals surface area contributed by atoms with E-state index in [-0.39, 0.29) is 24.1 Å². The first-order valence-corrected chi connectivity index (χ1v) is 19.1. The van der Waals surface area contributed by atoms with Gasteiger partial charge in [-0.05, 0) is 44.4 Å². The zero-order valence-electron chi connectivity index (χ0n) is 33.9. The molecule has 14 heteroatoms. The van der Waals surface area contributed by atoms with E-state index in [0.29, 0.717) is 0 Å². The summed E-state index contributed by atoms with van der Waals surface area (Å²) in [6.07, 6.45) is 12.8. The number of aromatic hydroxyl groups is 1. The van der Waals surface area contributed by atoms with Crippen LogP contribution >= 0.6 is 0 Å². The second-order valence-corrected chi connectivity index (χ2v) is 15.0. The number of pyridine rings is 1. The van der Waals surface area contributed by atoms with Crippen molar-refractivity contribution in [2.45, 2.75) is 110 Å². The third-order valence-electron chi connectivity index (χ3n) is 10.7. The maximum atomic E-state index is 13.3. The first kappa shape index (κ1) is 47.1. The third kappa shape index (κ3) is 11.0. The Morgan fingerprint density at radius 3 is 2.32 bits per heavy atom. The summed E-state index contributed by atoms with van der Waals surface area (Å²) in [6, 6.07) is 1.22. The number of H-pyrrole nitrogens is 1. The number of carbonyl (C=O) groups excluding carboxylic acids is 2. The molecular weight excluding hydrogens is 736 g/mol. The molecule has 11 atom stereocenters. The highest BCUT2D eigenvalue weighted by Gasteiger charge is 2.60. The van der Waals surface area contributed by atoms with Gasteiger partial charge in [-0.3, -0.25) is 14.4 Å². The molecule has 0 aliphatic carbocycles. The molecule has 3 rings (SSSR count). The summed E-state index contributed by atoms with van der Waals surface area (Å²) in [7, 11) is 1.52. The van der Waals surface area contributed by atoms with E-state index in [2.05, 4.69) is 10.3 Å². The summed E-state index contributed by atoms with van der Waals surface area (Å²) < 4.78 is 17.8. The number of aromatic nitrogens is 1. The molecule has 314 valence electrons. The molecule has 2 fully saturated rings. The minimum atomic E-state index is -2.34. The number of ether oxygens (including phenoxy) is 3. The Hall–Kier alpha value is -4.25. The minimum Gasteiger partial charge on any atom is -0.507 e. The predicted molar refractivity (Wildman–Crippen MR) is 215 cm³/mol. The fourth-order valence-corrected chi connectivity index (χ4v) is 7.12. The molecule has 0 aromatic carbocycles. The number of methoxy groups -OCH3 is 1. The summed E-state index contributed by atoms with van der Waals surface area (Å²) in [4.78, 5) is 40.2. The molecule has 2 aliphatic heterocycles. The van der Waals surface area contributed by atoms with Crippen LogP contribution in [-0.4, -0.2) is 116 Å². The van der Waals surface area contributed by atoms with Crippen molar-refractivity contribution in [3.05, 3.63) is 112 Å². The van der Waals surface area contributed by atoms with Crippen LogP contribution in [0, 0.1) is 17.3 Å². The van der Waals surface area contributed by atoms with E-state index in [1.54, 1.807) is 81.5 Å². The number of nitrogens with one attached hydrogen (secondary N) is 2. The summed E-state index contributed by atoms with van der Waals surface area (Å²) in [5.74, 6) is -5.55. The number of amides is 1. The largest absolute Gasteiger partial charge is 0.507 e. The van der Waals surface area contributed by atoms with Crippen molar-refractivity contribution in [1.82, 2.24) is 10.3 Å². The maximum Gasteiger partial charge on any atom is 0.262 e. The highest BCUT2D eigenvalue weighted by molar-refractivity contribution is 6.09. The summed E-state index contributed by atoms with van der Waals surface area (Å²) in [5, 5.41) is 67.8. The van der Waals surface area contributed by atoms with Crippen molar-refractivity contribution >= 4 is 11.7 Å². The third-order valence-corrected chi connectivity index (χ3v) is 10.7. The highest BCUT2D eigenvalue weighted by Crippen LogP contribution is 2.44. The van der Waals surface area contributed by atoms with Crippen LogP contribution in [0.3, 0.4) is 0 Å². The lowest BCUT2D eigenvalue weighted by molar-refractivity contribution is -0.359. The molecule has 14 nitrogen and oxygen atoms in total. The Kier molecular flexibility index (Phi) is 17.3. The Labute approximate surface area is 334 Å². The molecule has 8 N–H and O–H groups in total. The van der Waals surface area contributed by atoms with Gasteiger partial charge in [0, 0.05) is 31.2 Å². The smallest absolute Gasteiger partial charge is 0.262 e. The zero-order chi connectivity index (χ0) is 42.7. The number of rotatable bonds is 17. The number of carbonyl (C=O) groups is 2. The van der Waals surface area contributed by atoms with E-state index in [0.717, 1.165) is 5.57 Å². The molecule has 0 spiro atoms. The lowest BCUT2D eigenvalue weighted by atomic mass is 9.71. The van der Waals surface area contributed by atoms with E-state index in [9.17, 15) is 45.0 Å². The van der Waals surface area contributed by atoms with Crippen LogP contribution in [0.1, 0.15) is 65.2 Å². The van der Waals surface area contributed by atoms with E-state index < -0.39 is 94.9 Å². The maximum absolute atomic E-state index is 13.3. The Morgan fingerprint density at radius 2 is 1.68 bits per heavy atom. The molecule has 0 bridgehead atoms. The molecule has 2 saturated heterocycles. The molecule has 0 radical (unpaired) electrons. The van der Waals surface area contributed by atoms with Gasteiger partial charge in [-0.15, -0.1) is 0 Å². The summed E-state index contributed by atoms with van der Waals surface area (Å²) >= 11 is 0. The monoisotopic (exact) mass is 796 g/mol. The van der Waals surface area contributed by atoms with Crippen molar-refractivity contribution in [2.75, 3.05) is 13.7 Å². The second-order valence-electron chi connectivity index (χ2n) is 15.0. The molecule has 3 heterocycles. The molecule has 1 aromatic rings. The molecule has 57 heavy (non-hydrogen) atoms. The van der Waals surface area contributed by atoms with Crippen LogP contribution in [-0.2, 0) is 19.0 Å². The van der Waals surface area contributed by atoms with Crippen molar-refractivity contribution < 1.29 is 54.4 Å². The van der Waals surface area contributed by atoms with Gasteiger partial charge in [0.15, 0.2) is 5.78 Å². The number of ketones is 1. The number of aliphatic hydroxyl groups is 5. The van der Waals surface area contributed by atoms with Gasteiger partial charge in [-0.1, -0.05) is 101 Å².